The van der Waals surface area contributed by atoms with Gasteiger partial charge in [0.1, 0.15) is 22.8 Å². The van der Waals surface area contributed by atoms with Gasteiger partial charge in [0.25, 0.3) is 11.8 Å². The van der Waals surface area contributed by atoms with Crippen molar-refractivity contribution in [3.05, 3.63) is 59.6 Å². The average Bonchev–Trinajstić information content (AvgIpc) is 3.29. The van der Waals surface area contributed by atoms with Crippen LogP contribution in [0.25, 0.3) is 5.65 Å². The topological polar surface area (TPSA) is 71.6 Å². The summed E-state index contributed by atoms with van der Waals surface area (Å²) in [5, 5.41) is 7.33. The molecule has 31 heavy (non-hydrogen) atoms. The van der Waals surface area contributed by atoms with Gasteiger partial charge in [-0.2, -0.15) is 5.10 Å². The van der Waals surface area contributed by atoms with Crippen LogP contribution in [0, 0.1) is 11.6 Å². The Morgan fingerprint density at radius 3 is 2.42 bits per heavy atom. The number of aromatic nitrogens is 3. The minimum Gasteiger partial charge on any atom is -0.349 e. The first-order chi connectivity index (χ1) is 14.9. The monoisotopic (exact) mass is 427 g/mol. The van der Waals surface area contributed by atoms with Crippen molar-refractivity contribution in [3.8, 4) is 0 Å². The molecule has 1 aromatic carbocycles. The molecular formula is C22H23F2N5O2. The number of piperidine rings is 2. The lowest BCUT2D eigenvalue weighted by Crippen LogP contribution is -2.58. The van der Waals surface area contributed by atoms with Crippen LogP contribution in [0.3, 0.4) is 0 Å². The van der Waals surface area contributed by atoms with Crippen LogP contribution in [0.15, 0.2) is 36.8 Å². The van der Waals surface area contributed by atoms with Crippen molar-refractivity contribution in [2.45, 2.75) is 50.2 Å². The van der Waals surface area contributed by atoms with Crippen LogP contribution in [0.1, 0.15) is 52.8 Å². The van der Waals surface area contributed by atoms with Gasteiger partial charge in [-0.05, 0) is 44.2 Å². The number of carbonyl (C=O) groups excluding carboxylic acids is 2. The zero-order valence-corrected chi connectivity index (χ0v) is 17.1. The molecule has 0 radical (unpaired) electrons. The van der Waals surface area contributed by atoms with E-state index in [-0.39, 0.29) is 35.5 Å². The molecular weight excluding hydrogens is 404 g/mol. The van der Waals surface area contributed by atoms with Gasteiger partial charge in [-0.3, -0.25) is 9.59 Å². The highest BCUT2D eigenvalue weighted by molar-refractivity contribution is 6.00. The fourth-order valence-electron chi connectivity index (χ4n) is 5.13. The van der Waals surface area contributed by atoms with Crippen molar-refractivity contribution in [3.63, 3.8) is 0 Å². The molecule has 1 unspecified atom stereocenters. The summed E-state index contributed by atoms with van der Waals surface area (Å²) < 4.78 is 30.8. The van der Waals surface area contributed by atoms with Crippen molar-refractivity contribution in [1.29, 1.82) is 0 Å². The fourth-order valence-corrected chi connectivity index (χ4v) is 5.13. The summed E-state index contributed by atoms with van der Waals surface area (Å²) in [6.07, 6.45) is 9.02. The van der Waals surface area contributed by atoms with Crippen LogP contribution in [-0.2, 0) is 7.05 Å². The number of nitrogens with zero attached hydrogens (tertiary/aromatic N) is 4. The van der Waals surface area contributed by atoms with Gasteiger partial charge < -0.3 is 14.8 Å². The normalized spacial score (nSPS) is 23.2. The summed E-state index contributed by atoms with van der Waals surface area (Å²) in [6, 6.07) is 2.71. The third-order valence-corrected chi connectivity index (χ3v) is 6.43. The fraction of sp³-hybridized carbons (Fsp3) is 0.409. The number of nitrogens with one attached hydrogen (secondary N) is 1. The third kappa shape index (κ3) is 3.47. The summed E-state index contributed by atoms with van der Waals surface area (Å²) in [5.41, 5.74) is 1.26. The van der Waals surface area contributed by atoms with Gasteiger partial charge in [0.2, 0.25) is 0 Å². The molecule has 0 spiro atoms. The Labute approximate surface area is 177 Å². The standard InChI is InChI=1S/C22H23F2N5O2/c1-27-5-6-28-21(27)19(12-25-28)20(30)26-16-10-17-3-2-4-18(11-16)29(17)22(31)13-7-14(23)9-15(24)8-13/h5-9,12,16-18H,2-4,10-11H2,1H3,(H,26,30)/t16?,17-,18+. The molecule has 2 fully saturated rings. The van der Waals surface area contributed by atoms with Crippen LogP contribution >= 0.6 is 0 Å². The number of hydrogen-bond donors (Lipinski definition) is 1. The van der Waals surface area contributed by atoms with Crippen molar-refractivity contribution in [2.24, 2.45) is 7.05 Å². The number of fused-ring (bicyclic) bond motifs is 3. The van der Waals surface area contributed by atoms with E-state index in [1.807, 2.05) is 17.8 Å². The van der Waals surface area contributed by atoms with Crippen molar-refractivity contribution >= 4 is 17.5 Å². The molecule has 7 nitrogen and oxygen atoms in total. The van der Waals surface area contributed by atoms with Gasteiger partial charge in [-0.25, -0.2) is 13.3 Å². The van der Waals surface area contributed by atoms with Gasteiger partial charge >= 0.3 is 0 Å². The molecule has 1 N–H and O–H groups in total. The lowest BCUT2D eigenvalue weighted by atomic mass is 9.81. The Bertz CT molecular complexity index is 1140. The molecule has 2 aromatic heterocycles. The molecule has 2 saturated heterocycles. The number of carbonyl (C=O) groups is 2. The summed E-state index contributed by atoms with van der Waals surface area (Å²) in [5.74, 6) is -2.06. The maximum atomic E-state index is 13.6. The highest BCUT2D eigenvalue weighted by atomic mass is 19.1. The molecule has 9 heteroatoms. The largest absolute Gasteiger partial charge is 0.349 e. The summed E-state index contributed by atoms with van der Waals surface area (Å²) >= 11 is 0. The lowest BCUT2D eigenvalue weighted by Gasteiger charge is -2.49. The van der Waals surface area contributed by atoms with E-state index in [9.17, 15) is 18.4 Å². The van der Waals surface area contributed by atoms with Crippen molar-refractivity contribution in [2.75, 3.05) is 0 Å². The van der Waals surface area contributed by atoms with E-state index in [1.54, 1.807) is 21.8 Å². The van der Waals surface area contributed by atoms with Crippen LogP contribution < -0.4 is 5.32 Å². The van der Waals surface area contributed by atoms with Gasteiger partial charge in [0.15, 0.2) is 0 Å². The second kappa shape index (κ2) is 7.47. The zero-order valence-electron chi connectivity index (χ0n) is 17.1. The first-order valence-electron chi connectivity index (χ1n) is 10.5. The highest BCUT2D eigenvalue weighted by Crippen LogP contribution is 2.35. The first kappa shape index (κ1) is 19.7. The highest BCUT2D eigenvalue weighted by Gasteiger charge is 2.41. The molecule has 5 rings (SSSR count). The van der Waals surface area contributed by atoms with Crippen LogP contribution in [0.4, 0.5) is 8.78 Å². The van der Waals surface area contributed by atoms with Gasteiger partial charge in [0, 0.05) is 49.2 Å². The van der Waals surface area contributed by atoms with Gasteiger partial charge in [-0.15, -0.1) is 0 Å². The molecule has 2 aliphatic heterocycles. The Morgan fingerprint density at radius 1 is 1.06 bits per heavy atom. The van der Waals surface area contributed by atoms with Gasteiger partial charge in [0.05, 0.1) is 6.20 Å². The molecule has 4 heterocycles. The summed E-state index contributed by atoms with van der Waals surface area (Å²) in [4.78, 5) is 27.8. The van der Waals surface area contributed by atoms with E-state index in [0.29, 0.717) is 18.4 Å². The minimum absolute atomic E-state index is 0.0304. The van der Waals surface area contributed by atoms with E-state index in [1.165, 1.54) is 0 Å². The number of halogens is 2. The minimum atomic E-state index is -0.760. The van der Waals surface area contributed by atoms with E-state index < -0.39 is 11.6 Å². The molecule has 0 aliphatic carbocycles. The Hall–Kier alpha value is -3.23. The second-order valence-electron chi connectivity index (χ2n) is 8.49. The molecule has 2 bridgehead atoms. The molecule has 162 valence electrons. The van der Waals surface area contributed by atoms with E-state index in [0.717, 1.165) is 43.1 Å². The van der Waals surface area contributed by atoms with Crippen LogP contribution in [0.5, 0.6) is 0 Å². The lowest BCUT2D eigenvalue weighted by molar-refractivity contribution is 0.0206. The van der Waals surface area contributed by atoms with E-state index in [4.69, 9.17) is 0 Å². The van der Waals surface area contributed by atoms with Crippen molar-refractivity contribution in [1.82, 2.24) is 24.4 Å². The second-order valence-corrected chi connectivity index (χ2v) is 8.49. The molecule has 3 aromatic rings. The van der Waals surface area contributed by atoms with E-state index >= 15 is 0 Å². The SMILES string of the molecule is Cn1ccn2ncc(C(=O)NC3C[C@H]4CCC[C@@H](C3)N4C(=O)c3cc(F)cc(F)c3)c12. The number of amides is 2. The first-order valence-corrected chi connectivity index (χ1v) is 10.5. The van der Waals surface area contributed by atoms with E-state index in [2.05, 4.69) is 10.4 Å². The predicted octanol–water partition coefficient (Wildman–Crippen LogP) is 2.91. The molecule has 2 aliphatic rings. The Kier molecular flexibility index (Phi) is 4.75. The summed E-state index contributed by atoms with van der Waals surface area (Å²) in [6.45, 7) is 0. The number of benzene rings is 1. The average molecular weight is 427 g/mol. The zero-order chi connectivity index (χ0) is 21.7. The Morgan fingerprint density at radius 2 is 1.74 bits per heavy atom. The maximum absolute atomic E-state index is 13.6. The smallest absolute Gasteiger partial charge is 0.256 e. The summed E-state index contributed by atoms with van der Waals surface area (Å²) in [7, 11) is 1.86. The van der Waals surface area contributed by atoms with Gasteiger partial charge in [-0.1, -0.05) is 0 Å². The Balaban J connectivity index is 1.33. The quantitative estimate of drug-likeness (QED) is 0.699. The number of imidazole rings is 1. The predicted molar refractivity (Wildman–Crippen MR) is 109 cm³/mol. The van der Waals surface area contributed by atoms with Crippen LogP contribution in [0.2, 0.25) is 0 Å². The maximum Gasteiger partial charge on any atom is 0.256 e. The number of rotatable bonds is 3. The molecule has 3 atom stereocenters. The molecule has 0 saturated carbocycles. The number of aryl methyl sites for hydroxylation is 1. The third-order valence-electron chi connectivity index (χ3n) is 6.43. The van der Waals surface area contributed by atoms with Crippen LogP contribution in [-0.4, -0.2) is 49.0 Å². The molecule has 2 amide bonds. The van der Waals surface area contributed by atoms with Crippen molar-refractivity contribution < 1.29 is 18.4 Å². The number of hydrogen-bond acceptors (Lipinski definition) is 3.